The monoisotopic (exact) mass is 499 g/mol. The Morgan fingerprint density at radius 1 is 0.658 bits per heavy atom. The van der Waals surface area contributed by atoms with E-state index in [-0.39, 0.29) is 5.91 Å². The van der Waals surface area contributed by atoms with Crippen LogP contribution in [0.5, 0.6) is 0 Å². The molecule has 0 saturated heterocycles. The molecule has 0 bridgehead atoms. The standard InChI is InChI=1S/C36H37NO/c1-26-25-35(5,6)37(33(38)34(2,3)4)32-23-22-30(24-31(26)32)36(27-16-10-7-11-17-27,28-18-12-8-13-19-28)29-20-14-9-15-21-29/h7-25H,1-6H3. The quantitative estimate of drug-likeness (QED) is 0.257. The van der Waals surface area contributed by atoms with Gasteiger partial charge in [-0.2, -0.15) is 0 Å². The summed E-state index contributed by atoms with van der Waals surface area (Å²) < 4.78 is 0. The first-order valence-electron chi connectivity index (χ1n) is 13.4. The van der Waals surface area contributed by atoms with Crippen molar-refractivity contribution in [2.45, 2.75) is 52.5 Å². The van der Waals surface area contributed by atoms with E-state index in [1.54, 1.807) is 0 Å². The summed E-state index contributed by atoms with van der Waals surface area (Å²) >= 11 is 0. The van der Waals surface area contributed by atoms with Crippen LogP contribution >= 0.6 is 0 Å². The summed E-state index contributed by atoms with van der Waals surface area (Å²) in [6.45, 7) is 12.4. The number of hydrogen-bond acceptors (Lipinski definition) is 1. The number of amides is 1. The van der Waals surface area contributed by atoms with Crippen molar-refractivity contribution in [1.82, 2.24) is 0 Å². The third-order valence-corrected chi connectivity index (χ3v) is 7.71. The molecule has 38 heavy (non-hydrogen) atoms. The summed E-state index contributed by atoms with van der Waals surface area (Å²) in [6, 6.07) is 39.0. The Labute approximate surface area is 227 Å². The highest BCUT2D eigenvalue weighted by Gasteiger charge is 2.42. The second-order valence-corrected chi connectivity index (χ2v) is 12.0. The van der Waals surface area contributed by atoms with Crippen molar-refractivity contribution < 1.29 is 4.79 Å². The summed E-state index contributed by atoms with van der Waals surface area (Å²) in [5.74, 6) is 0.126. The van der Waals surface area contributed by atoms with Crippen LogP contribution in [0.4, 0.5) is 5.69 Å². The number of carbonyl (C=O) groups is 1. The van der Waals surface area contributed by atoms with Gasteiger partial charge >= 0.3 is 0 Å². The molecule has 1 aliphatic rings. The average molecular weight is 500 g/mol. The highest BCUT2D eigenvalue weighted by Crippen LogP contribution is 2.48. The van der Waals surface area contributed by atoms with Crippen molar-refractivity contribution in [3.05, 3.63) is 143 Å². The summed E-state index contributed by atoms with van der Waals surface area (Å²) in [6.07, 6.45) is 2.23. The van der Waals surface area contributed by atoms with Crippen molar-refractivity contribution >= 4 is 17.2 Å². The molecule has 192 valence electrons. The topological polar surface area (TPSA) is 20.3 Å². The van der Waals surface area contributed by atoms with Gasteiger partial charge < -0.3 is 4.90 Å². The molecule has 0 aliphatic carbocycles. The number of fused-ring (bicyclic) bond motifs is 1. The first-order valence-corrected chi connectivity index (χ1v) is 13.4. The van der Waals surface area contributed by atoms with Crippen LogP contribution in [0.25, 0.3) is 5.57 Å². The molecule has 0 N–H and O–H groups in total. The number of rotatable bonds is 4. The van der Waals surface area contributed by atoms with Crippen LogP contribution < -0.4 is 4.90 Å². The Morgan fingerprint density at radius 2 is 1.11 bits per heavy atom. The van der Waals surface area contributed by atoms with Crippen LogP contribution in [-0.2, 0) is 10.2 Å². The molecule has 1 amide bonds. The fraction of sp³-hybridized carbons (Fsp3) is 0.250. The molecule has 0 fully saturated rings. The Hall–Kier alpha value is -3.91. The van der Waals surface area contributed by atoms with Crippen molar-refractivity contribution in [2.75, 3.05) is 4.90 Å². The summed E-state index contributed by atoms with van der Waals surface area (Å²) in [5.41, 5.74) is 6.63. The maximum absolute atomic E-state index is 13.7. The molecule has 2 nitrogen and oxygen atoms in total. The minimum absolute atomic E-state index is 0.126. The maximum atomic E-state index is 13.7. The van der Waals surface area contributed by atoms with Gasteiger partial charge in [-0.25, -0.2) is 0 Å². The first-order chi connectivity index (χ1) is 18.1. The van der Waals surface area contributed by atoms with Crippen LogP contribution in [0.2, 0.25) is 0 Å². The van der Waals surface area contributed by atoms with E-state index >= 15 is 0 Å². The van der Waals surface area contributed by atoms with Crippen LogP contribution in [-0.4, -0.2) is 11.4 Å². The predicted octanol–water partition coefficient (Wildman–Crippen LogP) is 8.64. The third-order valence-electron chi connectivity index (χ3n) is 7.71. The number of anilines is 1. The van der Waals surface area contributed by atoms with Gasteiger partial charge in [-0.05, 0) is 60.7 Å². The minimum atomic E-state index is -0.523. The Bertz CT molecular complexity index is 1380. The minimum Gasteiger partial charge on any atom is -0.302 e. The molecule has 4 aromatic rings. The van der Waals surface area contributed by atoms with Gasteiger partial charge in [0.1, 0.15) is 0 Å². The maximum Gasteiger partial charge on any atom is 0.233 e. The zero-order valence-corrected chi connectivity index (χ0v) is 23.3. The molecule has 2 heteroatoms. The van der Waals surface area contributed by atoms with Gasteiger partial charge in [0.2, 0.25) is 5.91 Å². The van der Waals surface area contributed by atoms with Crippen LogP contribution in [0.3, 0.4) is 0 Å². The molecule has 5 rings (SSSR count). The van der Waals surface area contributed by atoms with Gasteiger partial charge in [0.25, 0.3) is 0 Å². The van der Waals surface area contributed by atoms with Crippen molar-refractivity contribution in [1.29, 1.82) is 0 Å². The van der Waals surface area contributed by atoms with E-state index in [0.29, 0.717) is 0 Å². The smallest absolute Gasteiger partial charge is 0.233 e. The van der Waals surface area contributed by atoms with E-state index < -0.39 is 16.4 Å². The highest BCUT2D eigenvalue weighted by molar-refractivity contribution is 6.03. The van der Waals surface area contributed by atoms with E-state index in [1.165, 1.54) is 27.8 Å². The second-order valence-electron chi connectivity index (χ2n) is 12.0. The molecular weight excluding hydrogens is 462 g/mol. The summed E-state index contributed by atoms with van der Waals surface area (Å²) in [5, 5.41) is 0. The molecular formula is C36H37NO. The van der Waals surface area contributed by atoms with Crippen LogP contribution in [0.15, 0.2) is 115 Å². The fourth-order valence-corrected chi connectivity index (χ4v) is 6.03. The Balaban J connectivity index is 1.84. The molecule has 0 radical (unpaired) electrons. The number of carbonyl (C=O) groups excluding carboxylic acids is 1. The Morgan fingerprint density at radius 3 is 1.53 bits per heavy atom. The SMILES string of the molecule is CC1=CC(C)(C)N(C(=O)C(C)(C)C)c2ccc(C(c3ccccc3)(c3ccccc3)c3ccccc3)cc21. The van der Waals surface area contributed by atoms with E-state index in [0.717, 1.165) is 11.3 Å². The second kappa shape index (κ2) is 9.44. The number of nitrogens with zero attached hydrogens (tertiary/aromatic N) is 1. The molecule has 4 aromatic carbocycles. The lowest BCUT2D eigenvalue weighted by atomic mass is 9.64. The van der Waals surface area contributed by atoms with Crippen LogP contribution in [0.1, 0.15) is 69.4 Å². The van der Waals surface area contributed by atoms with E-state index in [4.69, 9.17) is 0 Å². The zero-order valence-electron chi connectivity index (χ0n) is 23.3. The number of benzene rings is 4. The molecule has 0 aromatic heterocycles. The van der Waals surface area contributed by atoms with Gasteiger partial charge in [0.05, 0.1) is 16.6 Å². The first kappa shape index (κ1) is 25.7. The molecule has 1 heterocycles. The van der Waals surface area contributed by atoms with E-state index in [1.807, 2.05) is 25.7 Å². The predicted molar refractivity (Wildman–Crippen MR) is 159 cm³/mol. The lowest BCUT2D eigenvalue weighted by Crippen LogP contribution is -2.53. The lowest BCUT2D eigenvalue weighted by molar-refractivity contribution is -0.126. The van der Waals surface area contributed by atoms with E-state index in [9.17, 15) is 4.79 Å². The van der Waals surface area contributed by atoms with Crippen LogP contribution in [0, 0.1) is 5.41 Å². The zero-order chi connectivity index (χ0) is 27.1. The van der Waals surface area contributed by atoms with Gasteiger partial charge in [-0.15, -0.1) is 0 Å². The van der Waals surface area contributed by atoms with E-state index in [2.05, 4.69) is 136 Å². The normalized spacial score (nSPS) is 15.0. The Kier molecular flexibility index (Phi) is 6.39. The summed E-state index contributed by atoms with van der Waals surface area (Å²) in [7, 11) is 0. The molecule has 0 atom stereocenters. The van der Waals surface area contributed by atoms with Crippen molar-refractivity contribution in [3.63, 3.8) is 0 Å². The van der Waals surface area contributed by atoms with Crippen molar-refractivity contribution in [2.24, 2.45) is 5.41 Å². The number of hydrogen-bond donors (Lipinski definition) is 0. The molecule has 0 unspecified atom stereocenters. The van der Waals surface area contributed by atoms with Gasteiger partial charge in [-0.1, -0.05) is 124 Å². The lowest BCUT2D eigenvalue weighted by Gasteiger charge is -2.45. The fourth-order valence-electron chi connectivity index (χ4n) is 6.03. The molecule has 1 aliphatic heterocycles. The number of allylic oxidation sites excluding steroid dienone is 1. The third kappa shape index (κ3) is 4.19. The average Bonchev–Trinajstić information content (AvgIpc) is 2.90. The highest BCUT2D eigenvalue weighted by atomic mass is 16.2. The van der Waals surface area contributed by atoms with Gasteiger partial charge in [0, 0.05) is 11.0 Å². The van der Waals surface area contributed by atoms with Gasteiger partial charge in [0.15, 0.2) is 0 Å². The van der Waals surface area contributed by atoms with Crippen molar-refractivity contribution in [3.8, 4) is 0 Å². The summed E-state index contributed by atoms with van der Waals surface area (Å²) in [4.78, 5) is 15.7. The van der Waals surface area contributed by atoms with Gasteiger partial charge in [-0.3, -0.25) is 4.79 Å². The molecule has 0 spiro atoms. The largest absolute Gasteiger partial charge is 0.302 e. The molecule has 0 saturated carbocycles.